The van der Waals surface area contributed by atoms with Gasteiger partial charge in [0.2, 0.25) is 5.91 Å². The molecule has 1 aliphatic rings. The largest absolute Gasteiger partial charge is 0.330 e. The molecule has 0 unspecified atom stereocenters. The summed E-state index contributed by atoms with van der Waals surface area (Å²) in [4.78, 5) is 19.5. The molecule has 0 spiro atoms. The van der Waals surface area contributed by atoms with Gasteiger partial charge < -0.3 is 4.90 Å². The molecule has 1 atom stereocenters. The highest BCUT2D eigenvalue weighted by molar-refractivity contribution is 7.18. The Labute approximate surface area is 150 Å². The summed E-state index contributed by atoms with van der Waals surface area (Å²) >= 11 is 1.70. The van der Waals surface area contributed by atoms with E-state index in [1.165, 1.54) is 4.70 Å². The second-order valence-corrected chi connectivity index (χ2v) is 7.41. The zero-order chi connectivity index (χ0) is 17.2. The van der Waals surface area contributed by atoms with E-state index in [2.05, 4.69) is 11.2 Å². The first-order valence-electron chi connectivity index (χ1n) is 8.53. The van der Waals surface area contributed by atoms with Crippen molar-refractivity contribution < 1.29 is 4.79 Å². The molecule has 0 radical (unpaired) electrons. The molecule has 5 nitrogen and oxygen atoms in total. The average Bonchev–Trinajstić information content (AvgIpc) is 3.25. The minimum atomic E-state index is 0.0489. The van der Waals surface area contributed by atoms with Gasteiger partial charge in [0.05, 0.1) is 22.5 Å². The number of aryl methyl sites for hydroxylation is 1. The van der Waals surface area contributed by atoms with Gasteiger partial charge in [-0.3, -0.25) is 9.48 Å². The number of aromatic nitrogens is 3. The Kier molecular flexibility index (Phi) is 4.36. The summed E-state index contributed by atoms with van der Waals surface area (Å²) in [6.45, 7) is 0.788. The Morgan fingerprint density at radius 1 is 1.32 bits per heavy atom. The molecule has 4 rings (SSSR count). The third kappa shape index (κ3) is 3.35. The Bertz CT molecular complexity index is 893. The molecule has 25 heavy (non-hydrogen) atoms. The van der Waals surface area contributed by atoms with Crippen molar-refractivity contribution in [1.82, 2.24) is 19.7 Å². The number of carbonyl (C=O) groups is 1. The van der Waals surface area contributed by atoms with E-state index in [1.807, 2.05) is 42.4 Å². The third-order valence-electron chi connectivity index (χ3n) is 4.52. The predicted molar refractivity (Wildman–Crippen MR) is 100 cm³/mol. The Morgan fingerprint density at radius 3 is 3.00 bits per heavy atom. The molecular formula is C19H20N4OS. The zero-order valence-electron chi connectivity index (χ0n) is 14.1. The van der Waals surface area contributed by atoms with Crippen molar-refractivity contribution in [2.75, 3.05) is 6.54 Å². The summed E-state index contributed by atoms with van der Waals surface area (Å²) < 4.78 is 2.91. The fourth-order valence-corrected chi connectivity index (χ4v) is 4.39. The Morgan fingerprint density at radius 2 is 2.20 bits per heavy atom. The van der Waals surface area contributed by atoms with Crippen LogP contribution in [0.1, 0.15) is 35.9 Å². The van der Waals surface area contributed by atoms with Gasteiger partial charge in [-0.15, -0.1) is 11.3 Å². The van der Waals surface area contributed by atoms with Crippen molar-refractivity contribution in [3.63, 3.8) is 0 Å². The Balaban J connectivity index is 1.57. The van der Waals surface area contributed by atoms with Crippen LogP contribution in [0, 0.1) is 0 Å². The zero-order valence-corrected chi connectivity index (χ0v) is 14.9. The minimum absolute atomic E-state index is 0.0489. The van der Waals surface area contributed by atoms with Gasteiger partial charge in [0.25, 0.3) is 0 Å². The fourth-order valence-electron chi connectivity index (χ4n) is 3.27. The number of nitrogens with zero attached hydrogens (tertiary/aromatic N) is 4. The number of carbonyl (C=O) groups excluding carboxylic acids is 1. The first kappa shape index (κ1) is 16.0. The highest BCUT2D eigenvalue weighted by Gasteiger charge is 2.29. The highest BCUT2D eigenvalue weighted by Crippen LogP contribution is 2.35. The van der Waals surface area contributed by atoms with Crippen molar-refractivity contribution in [3.8, 4) is 0 Å². The van der Waals surface area contributed by atoms with Crippen molar-refractivity contribution in [2.45, 2.75) is 25.3 Å². The number of thiazole rings is 1. The molecule has 0 aliphatic carbocycles. The molecule has 3 heterocycles. The minimum Gasteiger partial charge on any atom is -0.330 e. The molecule has 1 fully saturated rings. The normalized spacial score (nSPS) is 18.3. The molecular weight excluding hydrogens is 332 g/mol. The number of fused-ring (bicyclic) bond motifs is 1. The van der Waals surface area contributed by atoms with E-state index in [0.29, 0.717) is 0 Å². The predicted octanol–water partition coefficient (Wildman–Crippen LogP) is 3.80. The molecule has 2 aromatic heterocycles. The molecule has 1 amide bonds. The van der Waals surface area contributed by atoms with Crippen LogP contribution in [0.4, 0.5) is 0 Å². The summed E-state index contributed by atoms with van der Waals surface area (Å²) in [6, 6.07) is 8.24. The molecule has 1 aliphatic heterocycles. The maximum absolute atomic E-state index is 12.8. The van der Waals surface area contributed by atoms with E-state index in [0.717, 1.165) is 41.9 Å². The summed E-state index contributed by atoms with van der Waals surface area (Å²) in [5.41, 5.74) is 1.95. The van der Waals surface area contributed by atoms with E-state index in [-0.39, 0.29) is 11.9 Å². The van der Waals surface area contributed by atoms with E-state index in [4.69, 9.17) is 4.98 Å². The quantitative estimate of drug-likeness (QED) is 0.674. The van der Waals surface area contributed by atoms with Crippen LogP contribution >= 0.6 is 11.3 Å². The summed E-state index contributed by atoms with van der Waals surface area (Å²) in [6.07, 6.45) is 10.3. The topological polar surface area (TPSA) is 51.0 Å². The maximum atomic E-state index is 12.8. The van der Waals surface area contributed by atoms with Crippen LogP contribution in [0.3, 0.4) is 0 Å². The first-order chi connectivity index (χ1) is 12.2. The van der Waals surface area contributed by atoms with E-state index in [9.17, 15) is 4.79 Å². The van der Waals surface area contributed by atoms with Gasteiger partial charge >= 0.3 is 0 Å². The van der Waals surface area contributed by atoms with Crippen LogP contribution < -0.4 is 0 Å². The molecule has 6 heteroatoms. The van der Waals surface area contributed by atoms with Gasteiger partial charge in [0.15, 0.2) is 0 Å². The van der Waals surface area contributed by atoms with Gasteiger partial charge in [0, 0.05) is 31.4 Å². The fraction of sp³-hybridized carbons (Fsp3) is 0.316. The molecule has 128 valence electrons. The molecule has 0 bridgehead atoms. The first-order valence-corrected chi connectivity index (χ1v) is 9.35. The van der Waals surface area contributed by atoms with Crippen molar-refractivity contribution in [1.29, 1.82) is 0 Å². The van der Waals surface area contributed by atoms with Gasteiger partial charge in [-0.2, -0.15) is 5.10 Å². The molecule has 1 saturated heterocycles. The lowest BCUT2D eigenvalue weighted by Gasteiger charge is -2.33. The van der Waals surface area contributed by atoms with Crippen LogP contribution in [0.25, 0.3) is 16.3 Å². The number of rotatable bonds is 3. The SMILES string of the molecule is Cn1cc(/C=C\C(=O)N2CCCC[C@H]2c2nc3ccccc3s2)cn1. The van der Waals surface area contributed by atoms with Crippen molar-refractivity contribution in [2.24, 2.45) is 7.05 Å². The van der Waals surface area contributed by atoms with E-state index < -0.39 is 0 Å². The standard InChI is InChI=1S/C19H20N4OS/c1-22-13-14(12-20-22)9-10-18(24)23-11-5-4-7-16(23)19-21-15-6-2-3-8-17(15)25-19/h2-3,6,8-10,12-13,16H,4-5,7,11H2,1H3/b10-9-/t16-/m0/s1. The third-order valence-corrected chi connectivity index (χ3v) is 5.66. The van der Waals surface area contributed by atoms with E-state index >= 15 is 0 Å². The highest BCUT2D eigenvalue weighted by atomic mass is 32.1. The number of para-hydroxylation sites is 1. The maximum Gasteiger partial charge on any atom is 0.247 e. The van der Waals surface area contributed by atoms with Crippen molar-refractivity contribution in [3.05, 3.63) is 53.3 Å². The number of hydrogen-bond donors (Lipinski definition) is 0. The summed E-state index contributed by atoms with van der Waals surface area (Å²) in [7, 11) is 1.87. The molecule has 0 N–H and O–H groups in total. The number of amides is 1. The van der Waals surface area contributed by atoms with Crippen LogP contribution in [0.5, 0.6) is 0 Å². The second kappa shape index (κ2) is 6.80. The molecule has 0 saturated carbocycles. The van der Waals surface area contributed by atoms with Crippen molar-refractivity contribution >= 4 is 33.5 Å². The number of hydrogen-bond acceptors (Lipinski definition) is 4. The van der Waals surface area contributed by atoms with Gasteiger partial charge in [0.1, 0.15) is 5.01 Å². The molecule has 3 aromatic rings. The lowest BCUT2D eigenvalue weighted by molar-refractivity contribution is -0.129. The lowest BCUT2D eigenvalue weighted by Crippen LogP contribution is -2.37. The van der Waals surface area contributed by atoms with Crippen LogP contribution in [-0.4, -0.2) is 32.1 Å². The molecule has 1 aromatic carbocycles. The summed E-state index contributed by atoms with van der Waals surface area (Å²) in [5, 5.41) is 5.17. The van der Waals surface area contributed by atoms with E-state index in [1.54, 1.807) is 28.3 Å². The van der Waals surface area contributed by atoms with Gasteiger partial charge in [-0.05, 0) is 37.5 Å². The number of likely N-dealkylation sites (tertiary alicyclic amines) is 1. The lowest BCUT2D eigenvalue weighted by atomic mass is 10.0. The van der Waals surface area contributed by atoms with Crippen LogP contribution in [-0.2, 0) is 11.8 Å². The van der Waals surface area contributed by atoms with Gasteiger partial charge in [-0.25, -0.2) is 4.98 Å². The average molecular weight is 352 g/mol. The number of piperidine rings is 1. The monoisotopic (exact) mass is 352 g/mol. The number of benzene rings is 1. The van der Waals surface area contributed by atoms with Crippen LogP contribution in [0.15, 0.2) is 42.7 Å². The Hall–Kier alpha value is -2.47. The smallest absolute Gasteiger partial charge is 0.247 e. The second-order valence-electron chi connectivity index (χ2n) is 6.34. The van der Waals surface area contributed by atoms with Crippen LogP contribution in [0.2, 0.25) is 0 Å². The summed E-state index contributed by atoms with van der Waals surface area (Å²) in [5.74, 6) is 0.0489. The van der Waals surface area contributed by atoms with Gasteiger partial charge in [-0.1, -0.05) is 12.1 Å².